The van der Waals surface area contributed by atoms with E-state index in [4.69, 9.17) is 9.84 Å². The molecule has 2 rings (SSSR count). The van der Waals surface area contributed by atoms with E-state index < -0.39 is 5.97 Å². The SMILES string of the molecule is CCc1ccc2c(c1)N(CCC(=O)O)CC(C(C)C)O2. The zero-order valence-corrected chi connectivity index (χ0v) is 12.4. The minimum atomic E-state index is -0.759. The van der Waals surface area contributed by atoms with Gasteiger partial charge < -0.3 is 14.7 Å². The van der Waals surface area contributed by atoms with Crippen molar-refractivity contribution in [3.63, 3.8) is 0 Å². The molecule has 1 N–H and O–H groups in total. The molecule has 20 heavy (non-hydrogen) atoms. The van der Waals surface area contributed by atoms with Gasteiger partial charge in [0.25, 0.3) is 0 Å². The number of carboxylic acid groups (broad SMARTS) is 1. The van der Waals surface area contributed by atoms with E-state index in [-0.39, 0.29) is 12.5 Å². The van der Waals surface area contributed by atoms with Crippen LogP contribution in [0.3, 0.4) is 0 Å². The van der Waals surface area contributed by atoms with Crippen LogP contribution in [0.2, 0.25) is 0 Å². The van der Waals surface area contributed by atoms with Gasteiger partial charge in [0.1, 0.15) is 11.9 Å². The third-order valence-corrected chi connectivity index (χ3v) is 3.79. The maximum atomic E-state index is 10.8. The Labute approximate surface area is 120 Å². The predicted molar refractivity (Wildman–Crippen MR) is 79.5 cm³/mol. The first kappa shape index (κ1) is 14.7. The molecule has 1 aliphatic rings. The molecule has 110 valence electrons. The molecule has 0 bridgehead atoms. The van der Waals surface area contributed by atoms with E-state index in [9.17, 15) is 4.79 Å². The molecule has 0 saturated carbocycles. The molecule has 1 aliphatic heterocycles. The molecular weight excluding hydrogens is 254 g/mol. The lowest BCUT2D eigenvalue weighted by atomic mass is 10.0. The fourth-order valence-corrected chi connectivity index (χ4v) is 2.43. The number of fused-ring (bicyclic) bond motifs is 1. The molecule has 0 radical (unpaired) electrons. The standard InChI is InChI=1S/C16H23NO3/c1-4-12-5-6-14-13(9-12)17(8-7-16(18)19)10-15(20-14)11(2)3/h5-6,9,11,15H,4,7-8,10H2,1-3H3,(H,18,19). The molecule has 0 fully saturated rings. The smallest absolute Gasteiger partial charge is 0.305 e. The van der Waals surface area contributed by atoms with Crippen LogP contribution in [-0.4, -0.2) is 30.3 Å². The van der Waals surface area contributed by atoms with Gasteiger partial charge in [-0.1, -0.05) is 26.8 Å². The van der Waals surface area contributed by atoms with E-state index in [0.29, 0.717) is 12.5 Å². The first-order chi connectivity index (χ1) is 9.51. The van der Waals surface area contributed by atoms with Gasteiger partial charge in [0, 0.05) is 6.54 Å². The van der Waals surface area contributed by atoms with Crippen LogP contribution >= 0.6 is 0 Å². The second-order valence-electron chi connectivity index (χ2n) is 5.65. The maximum Gasteiger partial charge on any atom is 0.305 e. The van der Waals surface area contributed by atoms with Crippen molar-refractivity contribution in [2.75, 3.05) is 18.0 Å². The molecule has 1 aromatic carbocycles. The molecule has 0 saturated heterocycles. The van der Waals surface area contributed by atoms with Crippen molar-refractivity contribution in [1.82, 2.24) is 0 Å². The lowest BCUT2D eigenvalue weighted by Gasteiger charge is -2.38. The van der Waals surface area contributed by atoms with Gasteiger partial charge in [-0.3, -0.25) is 4.79 Å². The molecule has 1 heterocycles. The number of benzene rings is 1. The van der Waals surface area contributed by atoms with Gasteiger partial charge in [0.2, 0.25) is 0 Å². The molecule has 1 aromatic rings. The van der Waals surface area contributed by atoms with Crippen LogP contribution in [0.4, 0.5) is 5.69 Å². The van der Waals surface area contributed by atoms with Crippen LogP contribution in [0.25, 0.3) is 0 Å². The van der Waals surface area contributed by atoms with E-state index in [1.165, 1.54) is 5.56 Å². The van der Waals surface area contributed by atoms with E-state index in [1.54, 1.807) is 0 Å². The number of nitrogens with zero attached hydrogens (tertiary/aromatic N) is 1. The lowest BCUT2D eigenvalue weighted by molar-refractivity contribution is -0.136. The molecule has 4 heteroatoms. The van der Waals surface area contributed by atoms with Crippen molar-refractivity contribution >= 4 is 11.7 Å². The van der Waals surface area contributed by atoms with Crippen molar-refractivity contribution in [2.24, 2.45) is 5.92 Å². The predicted octanol–water partition coefficient (Wildman–Crippen LogP) is 2.95. The average molecular weight is 277 g/mol. The third-order valence-electron chi connectivity index (χ3n) is 3.79. The molecule has 0 aliphatic carbocycles. The van der Waals surface area contributed by atoms with Crippen molar-refractivity contribution in [3.8, 4) is 5.75 Å². The molecule has 0 aromatic heterocycles. The van der Waals surface area contributed by atoms with Gasteiger partial charge in [-0.05, 0) is 30.0 Å². The Morgan fingerprint density at radius 3 is 2.85 bits per heavy atom. The molecule has 1 unspecified atom stereocenters. The van der Waals surface area contributed by atoms with Crippen LogP contribution in [0.1, 0.15) is 32.8 Å². The Balaban J connectivity index is 2.27. The highest BCUT2D eigenvalue weighted by molar-refractivity contribution is 5.69. The summed E-state index contributed by atoms with van der Waals surface area (Å²) in [7, 11) is 0. The van der Waals surface area contributed by atoms with Gasteiger partial charge >= 0.3 is 5.97 Å². The fraction of sp³-hybridized carbons (Fsp3) is 0.562. The van der Waals surface area contributed by atoms with Crippen molar-refractivity contribution in [1.29, 1.82) is 0 Å². The summed E-state index contributed by atoms with van der Waals surface area (Å²) in [6.07, 6.45) is 1.23. The minimum absolute atomic E-state index is 0.115. The van der Waals surface area contributed by atoms with Gasteiger partial charge in [0.15, 0.2) is 0 Å². The number of carbonyl (C=O) groups is 1. The molecular formula is C16H23NO3. The Morgan fingerprint density at radius 2 is 2.25 bits per heavy atom. The average Bonchev–Trinajstić information content (AvgIpc) is 2.43. The number of aryl methyl sites for hydroxylation is 1. The number of hydrogen-bond acceptors (Lipinski definition) is 3. The second kappa shape index (κ2) is 6.16. The number of hydrogen-bond donors (Lipinski definition) is 1. The number of rotatable bonds is 5. The van der Waals surface area contributed by atoms with Crippen molar-refractivity contribution < 1.29 is 14.6 Å². The highest BCUT2D eigenvalue weighted by Crippen LogP contribution is 2.36. The quantitative estimate of drug-likeness (QED) is 0.899. The zero-order chi connectivity index (χ0) is 14.7. The Kier molecular flexibility index (Phi) is 4.53. The summed E-state index contributed by atoms with van der Waals surface area (Å²) in [6, 6.07) is 6.21. The summed E-state index contributed by atoms with van der Waals surface area (Å²) in [4.78, 5) is 13.0. The van der Waals surface area contributed by atoms with E-state index in [1.807, 2.05) is 6.07 Å². The zero-order valence-electron chi connectivity index (χ0n) is 12.4. The fourth-order valence-electron chi connectivity index (χ4n) is 2.43. The van der Waals surface area contributed by atoms with E-state index in [2.05, 4.69) is 37.8 Å². The first-order valence-electron chi connectivity index (χ1n) is 7.27. The van der Waals surface area contributed by atoms with Crippen LogP contribution < -0.4 is 9.64 Å². The van der Waals surface area contributed by atoms with E-state index >= 15 is 0 Å². The van der Waals surface area contributed by atoms with Crippen LogP contribution in [0.5, 0.6) is 5.75 Å². The Bertz CT molecular complexity index is 485. The first-order valence-corrected chi connectivity index (χ1v) is 7.27. The number of ether oxygens (including phenoxy) is 1. The molecule has 0 spiro atoms. The van der Waals surface area contributed by atoms with Crippen LogP contribution in [0.15, 0.2) is 18.2 Å². The largest absolute Gasteiger partial charge is 0.486 e. The van der Waals surface area contributed by atoms with Crippen LogP contribution in [-0.2, 0) is 11.2 Å². The van der Waals surface area contributed by atoms with Gasteiger partial charge in [0.05, 0.1) is 18.7 Å². The third kappa shape index (κ3) is 3.24. The summed E-state index contributed by atoms with van der Waals surface area (Å²) < 4.78 is 6.04. The summed E-state index contributed by atoms with van der Waals surface area (Å²) >= 11 is 0. The van der Waals surface area contributed by atoms with Crippen molar-refractivity contribution in [3.05, 3.63) is 23.8 Å². The number of anilines is 1. The number of aliphatic carboxylic acids is 1. The molecule has 0 amide bonds. The summed E-state index contributed by atoms with van der Waals surface area (Å²) in [6.45, 7) is 7.66. The second-order valence-corrected chi connectivity index (χ2v) is 5.65. The summed E-state index contributed by atoms with van der Waals surface area (Å²) in [5, 5.41) is 8.91. The topological polar surface area (TPSA) is 49.8 Å². The lowest BCUT2D eigenvalue weighted by Crippen LogP contribution is -2.43. The molecule has 1 atom stereocenters. The van der Waals surface area contributed by atoms with E-state index in [0.717, 1.165) is 24.4 Å². The minimum Gasteiger partial charge on any atom is -0.486 e. The highest BCUT2D eigenvalue weighted by atomic mass is 16.5. The monoisotopic (exact) mass is 277 g/mol. The van der Waals surface area contributed by atoms with Crippen molar-refractivity contribution in [2.45, 2.75) is 39.7 Å². The van der Waals surface area contributed by atoms with Gasteiger partial charge in [-0.2, -0.15) is 0 Å². The summed E-state index contributed by atoms with van der Waals surface area (Å²) in [5.74, 6) is 0.518. The van der Waals surface area contributed by atoms with Gasteiger partial charge in [-0.15, -0.1) is 0 Å². The van der Waals surface area contributed by atoms with Crippen LogP contribution in [0, 0.1) is 5.92 Å². The maximum absolute atomic E-state index is 10.8. The van der Waals surface area contributed by atoms with Gasteiger partial charge in [-0.25, -0.2) is 0 Å². The Morgan fingerprint density at radius 1 is 1.50 bits per heavy atom. The Hall–Kier alpha value is -1.71. The normalized spacial score (nSPS) is 17.8. The summed E-state index contributed by atoms with van der Waals surface area (Å²) in [5.41, 5.74) is 2.28. The highest BCUT2D eigenvalue weighted by Gasteiger charge is 2.28. The molecule has 4 nitrogen and oxygen atoms in total. The number of carboxylic acids is 1.